The molecule has 5 aliphatic heterocycles. The van der Waals surface area contributed by atoms with E-state index in [2.05, 4.69) is 0 Å². The van der Waals surface area contributed by atoms with Gasteiger partial charge in [-0.2, -0.15) is 0 Å². The summed E-state index contributed by atoms with van der Waals surface area (Å²) in [6.07, 6.45) is -5.69. The summed E-state index contributed by atoms with van der Waals surface area (Å²) >= 11 is 0. The number of esters is 1. The molecule has 416 valence electrons. The van der Waals surface area contributed by atoms with E-state index in [4.69, 9.17) is 45.6 Å². The van der Waals surface area contributed by atoms with Gasteiger partial charge in [0.05, 0.1) is 58.0 Å². The lowest BCUT2D eigenvalue weighted by atomic mass is 9.98. The van der Waals surface area contributed by atoms with E-state index in [1.54, 1.807) is 6.92 Å². The highest BCUT2D eigenvalue weighted by Gasteiger charge is 2.58. The van der Waals surface area contributed by atoms with Crippen LogP contribution in [0.1, 0.15) is 104 Å². The van der Waals surface area contributed by atoms with Gasteiger partial charge in [0.1, 0.15) is 24.2 Å². The van der Waals surface area contributed by atoms with Crippen LogP contribution in [0.2, 0.25) is 0 Å². The minimum absolute atomic E-state index is 0.0179. The Morgan fingerprint density at radius 2 is 0.827 bits per heavy atom. The number of aliphatic carboxylic acids is 7. The van der Waals surface area contributed by atoms with Gasteiger partial charge in [-0.05, 0) is 25.7 Å². The molecule has 0 saturated carbocycles. The number of likely N-dealkylation sites (tertiary alicyclic amines) is 4. The Kier molecular flexibility index (Phi) is 21.4. The topological polar surface area (TPSA) is 538 Å². The maximum Gasteiger partial charge on any atom is 0.329 e. The van der Waals surface area contributed by atoms with Crippen molar-refractivity contribution < 1.29 is 143 Å². The highest BCUT2D eigenvalue weighted by atomic mass is 16.5. The van der Waals surface area contributed by atoms with Crippen molar-refractivity contribution >= 4 is 95.0 Å². The molecule has 5 rings (SSSR count). The molecular weight excluding hydrogens is 1020 g/mol. The molecular formula is C42H54N4O29. The number of hydrogen-bond acceptors (Lipinski definition) is 22. The van der Waals surface area contributed by atoms with E-state index in [0.717, 1.165) is 0 Å². The average Bonchev–Trinajstić information content (AvgIpc) is 3.80. The van der Waals surface area contributed by atoms with Gasteiger partial charge in [-0.25, -0.2) is 19.2 Å². The molecule has 0 aliphatic carbocycles. The minimum Gasteiger partial charge on any atom is -0.481 e. The lowest BCUT2D eigenvalue weighted by molar-refractivity contribution is -0.165. The molecule has 8 atom stereocenters. The normalized spacial score (nSPS) is 26.5. The lowest BCUT2D eigenvalue weighted by Crippen LogP contribution is -2.51. The zero-order valence-corrected chi connectivity index (χ0v) is 39.7. The van der Waals surface area contributed by atoms with Gasteiger partial charge in [0.25, 0.3) is 23.6 Å². The van der Waals surface area contributed by atoms with E-state index in [1.807, 2.05) is 0 Å². The van der Waals surface area contributed by atoms with E-state index in [-0.39, 0.29) is 25.9 Å². The molecule has 33 nitrogen and oxygen atoms in total. The third-order valence-corrected chi connectivity index (χ3v) is 11.7. The average molecular weight is 1080 g/mol. The molecule has 8 amide bonds. The first-order valence-corrected chi connectivity index (χ1v) is 22.2. The Morgan fingerprint density at radius 3 is 1.12 bits per heavy atom. The van der Waals surface area contributed by atoms with Crippen molar-refractivity contribution in [2.24, 2.45) is 0 Å². The van der Waals surface area contributed by atoms with Crippen molar-refractivity contribution in [3.05, 3.63) is 0 Å². The number of carbonyl (C=O) groups excluding carboxylic acids is 9. The van der Waals surface area contributed by atoms with Crippen LogP contribution in [-0.4, -0.2) is 236 Å². The van der Waals surface area contributed by atoms with Gasteiger partial charge >= 0.3 is 47.8 Å². The summed E-state index contributed by atoms with van der Waals surface area (Å²) in [5, 5.41) is 109. The number of hydrogen-bond donors (Lipinski definition) is 12. The van der Waals surface area contributed by atoms with Gasteiger partial charge in [0, 0.05) is 13.0 Å². The maximum atomic E-state index is 12.0. The fourth-order valence-corrected chi connectivity index (χ4v) is 8.30. The molecule has 33 heteroatoms. The van der Waals surface area contributed by atoms with Gasteiger partial charge in [-0.3, -0.25) is 77.1 Å². The first-order chi connectivity index (χ1) is 34.5. The smallest absolute Gasteiger partial charge is 0.329 e. The second-order valence-corrected chi connectivity index (χ2v) is 17.5. The van der Waals surface area contributed by atoms with Crippen LogP contribution in [0, 0.1) is 0 Å². The van der Waals surface area contributed by atoms with E-state index in [1.165, 1.54) is 6.92 Å². The number of ether oxygens (including phenoxy) is 1. The molecule has 0 radical (unpaired) electrons. The Labute approximate surface area is 420 Å². The largest absolute Gasteiger partial charge is 0.481 e. The molecule has 5 saturated heterocycles. The summed E-state index contributed by atoms with van der Waals surface area (Å²) in [5.74, 6) is -18.8. The number of imide groups is 4. The van der Waals surface area contributed by atoms with Crippen LogP contribution in [-0.2, 0) is 81.4 Å². The summed E-state index contributed by atoms with van der Waals surface area (Å²) in [6.45, 7) is 2.80. The van der Waals surface area contributed by atoms with Crippen LogP contribution in [0.5, 0.6) is 0 Å². The predicted molar refractivity (Wildman–Crippen MR) is 230 cm³/mol. The molecule has 75 heavy (non-hydrogen) atoms. The van der Waals surface area contributed by atoms with Gasteiger partial charge in [0.15, 0.2) is 22.4 Å². The van der Waals surface area contributed by atoms with Crippen LogP contribution in [0.3, 0.4) is 0 Å². The van der Waals surface area contributed by atoms with Crippen molar-refractivity contribution in [3.8, 4) is 0 Å². The molecule has 0 aromatic rings. The Bertz CT molecular complexity index is 2230. The van der Waals surface area contributed by atoms with Gasteiger partial charge in [0.2, 0.25) is 23.6 Å². The van der Waals surface area contributed by atoms with E-state index in [0.29, 0.717) is 32.4 Å². The SMILES string of the molecule is CCC(C(=O)O)N1C(=O)CC(O)(CC(=O)O)C1=O.CCCC(C(=O)O)N1C(=O)CC(O)(CC(=O)O)C1=O.O=C(O)CC1(O)CC(=O)N(C(CCO)C(=O)O)C1=O.O=C(O)CC1(O)CC(=O)N(C2CCCOC2=O)C1=O. The minimum atomic E-state index is -2.42. The highest BCUT2D eigenvalue weighted by molar-refractivity contribution is 6.13. The van der Waals surface area contributed by atoms with E-state index >= 15 is 0 Å². The second kappa shape index (κ2) is 25.4. The standard InChI is InChI=1S/C11H13NO7.C11H15NO7.C10H13NO8.C10H13NO7/c13-7-4-11(18,5-8(14)15)10(17)12(7)6-2-1-3-19-9(6)16;1-2-3-6(9(16)17)12-7(13)4-11(19,10(12)18)5-8(14)15;12-2-1-5(8(16)17)11-6(13)3-10(19,9(11)18)4-7(14)15;1-2-5(8(15)16)11-6(12)3-10(18,9(11)17)4-7(13)14/h6,18H,1-5H2,(H,14,15);6,19H,2-5H2,1H3,(H,14,15)(H,16,17);5,12,19H,1-4H2,(H,14,15)(H,16,17);5,18H,2-4H2,1H3,(H,13,14)(H,15,16). The lowest BCUT2D eigenvalue weighted by Gasteiger charge is -2.28. The predicted octanol–water partition coefficient (Wildman–Crippen LogP) is -5.54. The molecule has 8 unspecified atom stereocenters. The molecule has 0 bridgehead atoms. The Morgan fingerprint density at radius 1 is 0.507 bits per heavy atom. The number of carbonyl (C=O) groups is 16. The number of cyclic esters (lactones) is 1. The fraction of sp³-hybridized carbons (Fsp3) is 0.619. The van der Waals surface area contributed by atoms with Crippen LogP contribution in [0.4, 0.5) is 0 Å². The van der Waals surface area contributed by atoms with Crippen LogP contribution in [0.15, 0.2) is 0 Å². The van der Waals surface area contributed by atoms with Crippen molar-refractivity contribution in [1.82, 2.24) is 19.6 Å². The Balaban J connectivity index is 0.000000342. The van der Waals surface area contributed by atoms with E-state index < -0.39 is 206 Å². The number of amides is 8. The monoisotopic (exact) mass is 1080 g/mol. The summed E-state index contributed by atoms with van der Waals surface area (Å²) in [4.78, 5) is 183. The van der Waals surface area contributed by atoms with Gasteiger partial charge in [-0.1, -0.05) is 20.3 Å². The maximum absolute atomic E-state index is 12.0. The molecule has 0 aromatic carbocycles. The molecule has 5 heterocycles. The number of rotatable bonds is 20. The van der Waals surface area contributed by atoms with Crippen molar-refractivity contribution in [2.45, 2.75) is 150 Å². The first kappa shape index (κ1) is 63.2. The molecule has 0 spiro atoms. The second-order valence-electron chi connectivity index (χ2n) is 17.5. The number of aliphatic hydroxyl groups excluding tert-OH is 1. The number of carboxylic acids is 7. The zero-order chi connectivity index (χ0) is 57.9. The van der Waals surface area contributed by atoms with Crippen LogP contribution >= 0.6 is 0 Å². The summed E-state index contributed by atoms with van der Waals surface area (Å²) in [6, 6.07) is -5.43. The summed E-state index contributed by atoms with van der Waals surface area (Å²) < 4.78 is 4.77. The third kappa shape index (κ3) is 14.9. The van der Waals surface area contributed by atoms with Crippen molar-refractivity contribution in [3.63, 3.8) is 0 Å². The van der Waals surface area contributed by atoms with Crippen molar-refractivity contribution in [1.29, 1.82) is 0 Å². The number of aliphatic hydroxyl groups is 5. The number of carboxylic acid groups (broad SMARTS) is 7. The molecule has 12 N–H and O–H groups in total. The van der Waals surface area contributed by atoms with Crippen LogP contribution < -0.4 is 0 Å². The number of nitrogens with zero attached hydrogens (tertiary/aromatic N) is 4. The van der Waals surface area contributed by atoms with E-state index in [9.17, 15) is 97.1 Å². The first-order valence-electron chi connectivity index (χ1n) is 22.2. The highest BCUT2D eigenvalue weighted by Crippen LogP contribution is 2.34. The fourth-order valence-electron chi connectivity index (χ4n) is 8.30. The quantitative estimate of drug-likeness (QED) is 0.0400. The summed E-state index contributed by atoms with van der Waals surface area (Å²) in [7, 11) is 0. The zero-order valence-electron chi connectivity index (χ0n) is 39.7. The van der Waals surface area contributed by atoms with Crippen LogP contribution in [0.25, 0.3) is 0 Å². The third-order valence-electron chi connectivity index (χ3n) is 11.7. The van der Waals surface area contributed by atoms with Crippen molar-refractivity contribution in [2.75, 3.05) is 13.2 Å². The van der Waals surface area contributed by atoms with Gasteiger partial charge < -0.3 is 66.0 Å². The Hall–Kier alpha value is -7.88. The molecule has 5 aliphatic rings. The molecule has 5 fully saturated rings. The van der Waals surface area contributed by atoms with Gasteiger partial charge in [-0.15, -0.1) is 0 Å². The molecule has 0 aromatic heterocycles. The summed E-state index contributed by atoms with van der Waals surface area (Å²) in [5.41, 5.74) is -9.37.